The van der Waals surface area contributed by atoms with Gasteiger partial charge in [0.1, 0.15) is 5.69 Å². The fraction of sp³-hybridized carbons (Fsp3) is 0.600. The third kappa shape index (κ3) is 2.80. The van der Waals surface area contributed by atoms with Crippen molar-refractivity contribution < 1.29 is 13.2 Å². The molecule has 102 valence electrons. The highest BCUT2D eigenvalue weighted by Crippen LogP contribution is 2.28. The van der Waals surface area contributed by atoms with Gasteiger partial charge in [0, 0.05) is 12.1 Å². The standard InChI is InChI=1S/C10H13F3N2O2S/c1-6(2)15-8(16)4-7(10(11,12)13)14(5-18-3)9(15)17/h4,6H,5H2,1-3H3. The summed E-state index contributed by atoms with van der Waals surface area (Å²) in [6, 6.07) is -0.0159. The minimum Gasteiger partial charge on any atom is -0.279 e. The van der Waals surface area contributed by atoms with Gasteiger partial charge in [-0.3, -0.25) is 13.9 Å². The van der Waals surface area contributed by atoms with Crippen LogP contribution in [0, 0.1) is 0 Å². The molecule has 8 heteroatoms. The Balaban J connectivity index is 3.67. The molecule has 0 saturated heterocycles. The van der Waals surface area contributed by atoms with Crippen LogP contribution in [0.15, 0.2) is 15.7 Å². The van der Waals surface area contributed by atoms with Gasteiger partial charge in [0.05, 0.1) is 5.88 Å². The van der Waals surface area contributed by atoms with Crippen LogP contribution in [-0.2, 0) is 12.1 Å². The summed E-state index contributed by atoms with van der Waals surface area (Å²) in [5, 5.41) is 0. The van der Waals surface area contributed by atoms with Crippen molar-refractivity contribution in [3.05, 3.63) is 32.6 Å². The summed E-state index contributed by atoms with van der Waals surface area (Å²) in [6.07, 6.45) is -3.14. The lowest BCUT2D eigenvalue weighted by Gasteiger charge is -2.17. The minimum atomic E-state index is -4.72. The van der Waals surface area contributed by atoms with E-state index in [-0.39, 0.29) is 5.88 Å². The molecule has 0 saturated carbocycles. The normalized spacial score (nSPS) is 12.2. The highest BCUT2D eigenvalue weighted by molar-refractivity contribution is 7.97. The predicted molar refractivity (Wildman–Crippen MR) is 63.9 cm³/mol. The van der Waals surface area contributed by atoms with Crippen LogP contribution in [0.2, 0.25) is 0 Å². The molecule has 0 bridgehead atoms. The highest BCUT2D eigenvalue weighted by atomic mass is 32.2. The molecule has 0 amide bonds. The molecule has 0 aromatic carbocycles. The first-order valence-corrected chi connectivity index (χ1v) is 6.52. The summed E-state index contributed by atoms with van der Waals surface area (Å²) in [4.78, 5) is 23.4. The van der Waals surface area contributed by atoms with Crippen LogP contribution in [0.1, 0.15) is 25.6 Å². The summed E-state index contributed by atoms with van der Waals surface area (Å²) in [6.45, 7) is 3.14. The van der Waals surface area contributed by atoms with Gasteiger partial charge in [0.15, 0.2) is 0 Å². The van der Waals surface area contributed by atoms with Gasteiger partial charge in [-0.05, 0) is 20.1 Å². The molecule has 4 nitrogen and oxygen atoms in total. The average molecular weight is 282 g/mol. The molecule has 0 N–H and O–H groups in total. The Labute approximate surface area is 105 Å². The lowest BCUT2D eigenvalue weighted by atomic mass is 10.3. The SMILES string of the molecule is CSCn1c(C(F)(F)F)cc(=O)n(C(C)C)c1=O. The third-order valence-electron chi connectivity index (χ3n) is 2.29. The summed E-state index contributed by atoms with van der Waals surface area (Å²) in [5.41, 5.74) is -3.07. The van der Waals surface area contributed by atoms with Gasteiger partial charge in [-0.15, -0.1) is 11.8 Å². The van der Waals surface area contributed by atoms with Gasteiger partial charge < -0.3 is 0 Å². The molecule has 0 unspecified atom stereocenters. The second-order valence-corrected chi connectivity index (χ2v) is 4.79. The van der Waals surface area contributed by atoms with E-state index in [1.165, 1.54) is 0 Å². The Bertz CT molecular complexity index is 546. The maximum absolute atomic E-state index is 12.7. The Morgan fingerprint density at radius 2 is 1.89 bits per heavy atom. The molecule has 1 rings (SSSR count). The molecule has 0 spiro atoms. The third-order valence-corrected chi connectivity index (χ3v) is 2.81. The largest absolute Gasteiger partial charge is 0.431 e. The number of thioether (sulfide) groups is 1. The Morgan fingerprint density at radius 3 is 2.28 bits per heavy atom. The van der Waals surface area contributed by atoms with Crippen LogP contribution in [0.5, 0.6) is 0 Å². The number of hydrogen-bond acceptors (Lipinski definition) is 3. The van der Waals surface area contributed by atoms with Crippen LogP contribution in [0.4, 0.5) is 13.2 Å². The van der Waals surface area contributed by atoms with E-state index in [2.05, 4.69) is 0 Å². The van der Waals surface area contributed by atoms with Crippen LogP contribution < -0.4 is 11.2 Å². The van der Waals surface area contributed by atoms with Crippen molar-refractivity contribution in [1.82, 2.24) is 9.13 Å². The summed E-state index contributed by atoms with van der Waals surface area (Å²) in [5.74, 6) is -0.152. The topological polar surface area (TPSA) is 44.0 Å². The second kappa shape index (κ2) is 5.21. The Morgan fingerprint density at radius 1 is 1.33 bits per heavy atom. The van der Waals surface area contributed by atoms with Gasteiger partial charge in [-0.2, -0.15) is 13.2 Å². The maximum atomic E-state index is 12.7. The van der Waals surface area contributed by atoms with E-state index in [9.17, 15) is 22.8 Å². The van der Waals surface area contributed by atoms with Crippen LogP contribution >= 0.6 is 11.8 Å². The van der Waals surface area contributed by atoms with Crippen LogP contribution in [0.25, 0.3) is 0 Å². The molecule has 0 atom stereocenters. The highest BCUT2D eigenvalue weighted by Gasteiger charge is 2.35. The van der Waals surface area contributed by atoms with E-state index >= 15 is 0 Å². The molecule has 1 aromatic rings. The number of aromatic nitrogens is 2. The number of hydrogen-bond donors (Lipinski definition) is 0. The summed E-state index contributed by atoms with van der Waals surface area (Å²) in [7, 11) is 0. The van der Waals surface area contributed by atoms with Crippen molar-refractivity contribution in [3.63, 3.8) is 0 Å². The van der Waals surface area contributed by atoms with Crippen LogP contribution in [-0.4, -0.2) is 15.4 Å². The zero-order valence-electron chi connectivity index (χ0n) is 10.1. The second-order valence-electron chi connectivity index (χ2n) is 3.96. The number of rotatable bonds is 3. The fourth-order valence-corrected chi connectivity index (χ4v) is 2.06. The van der Waals surface area contributed by atoms with Gasteiger partial charge >= 0.3 is 11.9 Å². The molecule has 0 aliphatic heterocycles. The van der Waals surface area contributed by atoms with E-state index in [1.54, 1.807) is 20.1 Å². The first-order valence-electron chi connectivity index (χ1n) is 5.12. The lowest BCUT2D eigenvalue weighted by molar-refractivity contribution is -0.144. The van der Waals surface area contributed by atoms with Crippen molar-refractivity contribution >= 4 is 11.8 Å². The summed E-state index contributed by atoms with van der Waals surface area (Å²) >= 11 is 1.07. The first-order chi connectivity index (χ1) is 8.20. The molecule has 0 aliphatic rings. The number of alkyl halides is 3. The maximum Gasteiger partial charge on any atom is 0.431 e. The molecule has 0 fully saturated rings. The quantitative estimate of drug-likeness (QED) is 0.851. The van der Waals surface area contributed by atoms with Crippen LogP contribution in [0.3, 0.4) is 0 Å². The van der Waals surface area contributed by atoms with Gasteiger partial charge in [-0.25, -0.2) is 4.79 Å². The fourth-order valence-electron chi connectivity index (χ4n) is 1.56. The van der Waals surface area contributed by atoms with E-state index in [1.807, 2.05) is 0 Å². The molecular weight excluding hydrogens is 269 g/mol. The molecule has 0 radical (unpaired) electrons. The molecular formula is C10H13F3N2O2S. The van der Waals surface area contributed by atoms with Gasteiger partial charge in [0.25, 0.3) is 5.56 Å². The number of halogens is 3. The van der Waals surface area contributed by atoms with E-state index in [0.717, 1.165) is 16.3 Å². The van der Waals surface area contributed by atoms with E-state index < -0.39 is 29.2 Å². The first kappa shape index (κ1) is 14.9. The molecule has 18 heavy (non-hydrogen) atoms. The van der Waals surface area contributed by atoms with Gasteiger partial charge in [-0.1, -0.05) is 0 Å². The van der Waals surface area contributed by atoms with Crippen molar-refractivity contribution in [2.24, 2.45) is 0 Å². The van der Waals surface area contributed by atoms with Crippen molar-refractivity contribution in [3.8, 4) is 0 Å². The minimum absolute atomic E-state index is 0.152. The van der Waals surface area contributed by atoms with E-state index in [4.69, 9.17) is 0 Å². The van der Waals surface area contributed by atoms with E-state index in [0.29, 0.717) is 10.6 Å². The lowest BCUT2D eigenvalue weighted by Crippen LogP contribution is -2.43. The van der Waals surface area contributed by atoms with Gasteiger partial charge in [0.2, 0.25) is 0 Å². The smallest absolute Gasteiger partial charge is 0.279 e. The Kier molecular flexibility index (Phi) is 4.31. The summed E-state index contributed by atoms with van der Waals surface area (Å²) < 4.78 is 39.6. The monoisotopic (exact) mass is 282 g/mol. The zero-order valence-corrected chi connectivity index (χ0v) is 10.9. The Hall–Kier alpha value is -1.18. The number of nitrogens with zero attached hydrogens (tertiary/aromatic N) is 2. The zero-order chi connectivity index (χ0) is 14.1. The van der Waals surface area contributed by atoms with Crippen molar-refractivity contribution in [2.45, 2.75) is 31.9 Å². The molecule has 0 aliphatic carbocycles. The molecule has 1 heterocycles. The van der Waals surface area contributed by atoms with Crippen molar-refractivity contribution in [2.75, 3.05) is 6.26 Å². The van der Waals surface area contributed by atoms with Crippen molar-refractivity contribution in [1.29, 1.82) is 0 Å². The average Bonchev–Trinajstić information content (AvgIpc) is 2.19. The predicted octanol–water partition coefficient (Wildman–Crippen LogP) is 1.93. The molecule has 1 aromatic heterocycles.